The lowest BCUT2D eigenvalue weighted by molar-refractivity contribution is 1.56. The van der Waals surface area contributed by atoms with Gasteiger partial charge in [0.15, 0.2) is 0 Å². The molecule has 0 aromatic carbocycles. The van der Waals surface area contributed by atoms with Crippen LogP contribution in [-0.4, -0.2) is 11.5 Å². The molecule has 0 N–H and O–H groups in total. The summed E-state index contributed by atoms with van der Waals surface area (Å²) >= 11 is 15.7. The third-order valence-electron chi connectivity index (χ3n) is 3.01. The van der Waals surface area contributed by atoms with Gasteiger partial charge in [-0.2, -0.15) is 0 Å². The van der Waals surface area contributed by atoms with E-state index in [1.165, 1.54) is 47.4 Å². The fourth-order valence-electron chi connectivity index (χ4n) is 1.86. The van der Waals surface area contributed by atoms with Crippen LogP contribution in [0.1, 0.15) is 13.8 Å². The first-order valence-electron chi connectivity index (χ1n) is 6.58. The maximum absolute atomic E-state index is 2.35. The van der Waals surface area contributed by atoms with Crippen molar-refractivity contribution in [1.82, 2.24) is 0 Å². The molecule has 116 valence electrons. The summed E-state index contributed by atoms with van der Waals surface area (Å²) < 4.78 is 7.44. The molecule has 0 radical (unpaired) electrons. The zero-order valence-corrected chi connectivity index (χ0v) is 18.4. The fraction of sp³-hybridized carbons (Fsp3) is 0.286. The van der Waals surface area contributed by atoms with E-state index in [0.29, 0.717) is 0 Å². The lowest BCUT2D eigenvalue weighted by Gasteiger charge is -2.08. The lowest BCUT2D eigenvalue weighted by atomic mass is 10.6. The van der Waals surface area contributed by atoms with Crippen LogP contribution < -0.4 is 0 Å². The van der Waals surface area contributed by atoms with Gasteiger partial charge in [-0.1, -0.05) is 70.6 Å². The summed E-state index contributed by atoms with van der Waals surface area (Å²) in [5.74, 6) is 2.52. The molecule has 0 bridgehead atoms. The third kappa shape index (κ3) is 3.69. The number of allylic oxidation sites excluding steroid dienone is 3. The summed E-state index contributed by atoms with van der Waals surface area (Å²) in [7, 11) is 0. The molecule has 4 aliphatic heterocycles. The minimum Gasteiger partial charge on any atom is -0.116 e. The van der Waals surface area contributed by atoms with E-state index in [9.17, 15) is 0 Å². The Morgan fingerprint density at radius 2 is 1.41 bits per heavy atom. The SMILES string of the molecule is CC1=C(C)SC(=CC2=CSC(=C3SC4=C(SCCS4)S3)S2)S1. The molecule has 0 spiro atoms. The van der Waals surface area contributed by atoms with E-state index in [1.807, 2.05) is 94.1 Å². The molecule has 4 aliphatic rings. The van der Waals surface area contributed by atoms with Gasteiger partial charge in [0.05, 0.1) is 21.2 Å². The number of hydrogen-bond donors (Lipinski definition) is 0. The molecule has 8 heteroatoms. The van der Waals surface area contributed by atoms with Crippen molar-refractivity contribution in [2.24, 2.45) is 0 Å². The molecule has 0 fully saturated rings. The van der Waals surface area contributed by atoms with Crippen LogP contribution in [0.25, 0.3) is 0 Å². The highest BCUT2D eigenvalue weighted by molar-refractivity contribution is 8.43. The normalized spacial score (nSPS) is 25.4. The van der Waals surface area contributed by atoms with Crippen molar-refractivity contribution in [3.8, 4) is 0 Å². The van der Waals surface area contributed by atoms with Crippen molar-refractivity contribution in [2.75, 3.05) is 11.5 Å². The maximum Gasteiger partial charge on any atom is 0.0717 e. The summed E-state index contributed by atoms with van der Waals surface area (Å²) in [5.41, 5.74) is 0. The van der Waals surface area contributed by atoms with Crippen LogP contribution in [0.2, 0.25) is 0 Å². The minimum atomic E-state index is 1.26. The topological polar surface area (TPSA) is 0 Å². The van der Waals surface area contributed by atoms with Crippen LogP contribution in [-0.2, 0) is 0 Å². The highest BCUT2D eigenvalue weighted by Crippen LogP contribution is 2.64. The average Bonchev–Trinajstić information content (AvgIpc) is 3.18. The molecule has 0 atom stereocenters. The Hall–Kier alpha value is 1.50. The van der Waals surface area contributed by atoms with Gasteiger partial charge in [-0.05, 0) is 35.1 Å². The molecular weight excluding hydrogens is 425 g/mol. The van der Waals surface area contributed by atoms with Crippen molar-refractivity contribution in [3.05, 3.63) is 47.4 Å². The smallest absolute Gasteiger partial charge is 0.0717 e. The number of rotatable bonds is 1. The van der Waals surface area contributed by atoms with E-state index >= 15 is 0 Å². The summed E-state index contributed by atoms with van der Waals surface area (Å²) in [5, 5.41) is 2.31. The van der Waals surface area contributed by atoms with Crippen LogP contribution in [0.15, 0.2) is 47.4 Å². The number of hydrogen-bond acceptors (Lipinski definition) is 8. The number of thioether (sulfide) groups is 8. The molecule has 0 saturated heterocycles. The Morgan fingerprint density at radius 1 is 0.773 bits per heavy atom. The molecule has 0 nitrogen and oxygen atoms in total. The maximum atomic E-state index is 2.35. The fourth-order valence-corrected chi connectivity index (χ4v) is 12.9. The molecule has 4 rings (SSSR count). The van der Waals surface area contributed by atoms with E-state index in [-0.39, 0.29) is 0 Å². The quantitative estimate of drug-likeness (QED) is 0.399. The Labute approximate surface area is 165 Å². The molecule has 22 heavy (non-hydrogen) atoms. The molecule has 0 amide bonds. The van der Waals surface area contributed by atoms with Crippen LogP contribution in [0.3, 0.4) is 0 Å². The Kier molecular flexibility index (Phi) is 5.70. The van der Waals surface area contributed by atoms with E-state index in [4.69, 9.17) is 0 Å². The summed E-state index contributed by atoms with van der Waals surface area (Å²) in [6, 6.07) is 0. The highest BCUT2D eigenvalue weighted by Gasteiger charge is 2.29. The highest BCUT2D eigenvalue weighted by atomic mass is 32.3. The first-order valence-corrected chi connectivity index (χ1v) is 13.5. The van der Waals surface area contributed by atoms with Crippen molar-refractivity contribution < 1.29 is 0 Å². The molecule has 0 aromatic rings. The molecular formula is C14H12S8. The van der Waals surface area contributed by atoms with Gasteiger partial charge in [-0.15, -0.1) is 23.5 Å². The van der Waals surface area contributed by atoms with Gasteiger partial charge < -0.3 is 0 Å². The zero-order valence-electron chi connectivity index (χ0n) is 11.8. The van der Waals surface area contributed by atoms with Crippen molar-refractivity contribution in [1.29, 1.82) is 0 Å². The van der Waals surface area contributed by atoms with Gasteiger partial charge >= 0.3 is 0 Å². The van der Waals surface area contributed by atoms with Gasteiger partial charge in [0, 0.05) is 16.4 Å². The van der Waals surface area contributed by atoms with E-state index in [0.717, 1.165) is 0 Å². The summed E-state index contributed by atoms with van der Waals surface area (Å²) in [6.07, 6.45) is 2.35. The van der Waals surface area contributed by atoms with Crippen LogP contribution in [0.5, 0.6) is 0 Å². The standard InChI is InChI=1S/C14H12S8/c1-7-8(2)19-10(18-7)5-9-6-17-13(20-9)14-21-11-12(22-14)16-4-3-15-11/h5-6H,3-4H2,1-2H3. The van der Waals surface area contributed by atoms with E-state index in [1.54, 1.807) is 0 Å². The van der Waals surface area contributed by atoms with Crippen LogP contribution in [0.4, 0.5) is 0 Å². The summed E-state index contributed by atoms with van der Waals surface area (Å²) in [4.78, 5) is 4.27. The Balaban J connectivity index is 1.43. The predicted molar refractivity (Wildman–Crippen MR) is 119 cm³/mol. The van der Waals surface area contributed by atoms with E-state index < -0.39 is 0 Å². The largest absolute Gasteiger partial charge is 0.116 e. The van der Waals surface area contributed by atoms with Gasteiger partial charge in [0.2, 0.25) is 0 Å². The van der Waals surface area contributed by atoms with Crippen LogP contribution in [0, 0.1) is 0 Å². The Morgan fingerprint density at radius 3 is 2.05 bits per heavy atom. The van der Waals surface area contributed by atoms with Crippen molar-refractivity contribution >= 4 is 94.1 Å². The van der Waals surface area contributed by atoms with Crippen molar-refractivity contribution in [3.63, 3.8) is 0 Å². The second kappa shape index (κ2) is 7.40. The summed E-state index contributed by atoms with van der Waals surface area (Å²) in [6.45, 7) is 4.42. The van der Waals surface area contributed by atoms with Gasteiger partial charge in [-0.25, -0.2) is 0 Å². The molecule has 0 unspecified atom stereocenters. The first kappa shape index (κ1) is 16.9. The van der Waals surface area contributed by atoms with Gasteiger partial charge in [-0.3, -0.25) is 0 Å². The minimum absolute atomic E-state index is 1.26. The average molecular weight is 437 g/mol. The second-order valence-electron chi connectivity index (χ2n) is 4.57. The first-order chi connectivity index (χ1) is 10.7. The molecule has 4 heterocycles. The third-order valence-corrected chi connectivity index (χ3v) is 14.1. The molecule has 0 aliphatic carbocycles. The predicted octanol–water partition coefficient (Wildman–Crippen LogP) is 8.09. The molecule has 0 aromatic heterocycles. The van der Waals surface area contributed by atoms with Gasteiger partial charge in [0.1, 0.15) is 0 Å². The van der Waals surface area contributed by atoms with E-state index in [2.05, 4.69) is 25.3 Å². The van der Waals surface area contributed by atoms with Crippen molar-refractivity contribution in [2.45, 2.75) is 13.8 Å². The Bertz CT molecular complexity index is 643. The van der Waals surface area contributed by atoms with Gasteiger partial charge in [0.25, 0.3) is 0 Å². The van der Waals surface area contributed by atoms with Crippen LogP contribution >= 0.6 is 94.1 Å². The molecule has 0 saturated carbocycles. The second-order valence-corrected chi connectivity index (χ2v) is 14.6. The monoisotopic (exact) mass is 436 g/mol. The zero-order chi connectivity index (χ0) is 15.1. The lowest BCUT2D eigenvalue weighted by Crippen LogP contribution is -1.88.